The molecule has 0 aromatic rings. The molecule has 0 aromatic carbocycles. The number of nitrogens with two attached hydrogens (primary N) is 1. The Hall–Kier alpha value is -3.24. The van der Waals surface area contributed by atoms with Crippen LogP contribution in [0.25, 0.3) is 0 Å². The van der Waals surface area contributed by atoms with E-state index in [2.05, 4.69) is 16.0 Å². The van der Waals surface area contributed by atoms with Gasteiger partial charge in [0.1, 0.15) is 12.1 Å². The Kier molecular flexibility index (Phi) is 8.64. The van der Waals surface area contributed by atoms with Gasteiger partial charge in [0.05, 0.1) is 11.7 Å². The second-order valence-electron chi connectivity index (χ2n) is 14.6. The molecule has 42 heavy (non-hydrogen) atoms. The lowest BCUT2D eigenvalue weighted by Crippen LogP contribution is -2.62. The lowest BCUT2D eigenvalue weighted by Gasteiger charge is -2.38. The highest BCUT2D eigenvalue weighted by Crippen LogP contribution is 2.65. The SMILES string of the molecule is CC(C)C(=O)[C@@H](NC(=O)N[C@H](C(=O)N1C[C@H]2[C@@H]([C@H]1C(=O)N/C(=C/C1CC1)C(=O)C(N)=O)C2(C)C)C(C)(C)C)C1CCC1. The zero-order chi connectivity index (χ0) is 31.3. The van der Waals surface area contributed by atoms with Gasteiger partial charge in [-0.15, -0.1) is 0 Å². The fraction of sp³-hybridized carbons (Fsp3) is 0.742. The van der Waals surface area contributed by atoms with Crippen molar-refractivity contribution in [2.75, 3.05) is 6.54 Å². The Bertz CT molecular complexity index is 1190. The molecule has 5 atom stereocenters. The number of amides is 5. The standard InChI is InChI=1S/C31H47N5O6/c1-15(2)23(37)21(17-9-8-10-17)34-29(42)35-25(30(3,4)5)28(41)36-14-18-20(31(18,6)7)22(36)27(40)33-19(13-16-11-12-16)24(38)26(32)39/h13,15-18,20-22,25H,8-12,14H2,1-7H3,(H2,32,39)(H,33,40)(H2,34,35,42)/b19-13+/t18-,20-,21-,22-,25+/m0/s1. The van der Waals surface area contributed by atoms with Crippen LogP contribution in [0, 0.1) is 40.4 Å². The number of fused-ring (bicyclic) bond motifs is 1. The monoisotopic (exact) mass is 585 g/mol. The van der Waals surface area contributed by atoms with E-state index in [-0.39, 0.29) is 46.5 Å². The number of primary amides is 1. The molecular formula is C31H47N5O6. The number of urea groups is 1. The van der Waals surface area contributed by atoms with Crippen LogP contribution in [0.5, 0.6) is 0 Å². The number of carbonyl (C=O) groups excluding carboxylic acids is 6. The van der Waals surface area contributed by atoms with Crippen LogP contribution in [0.4, 0.5) is 4.79 Å². The summed E-state index contributed by atoms with van der Waals surface area (Å²) in [5.41, 5.74) is 4.18. The first-order valence-corrected chi connectivity index (χ1v) is 15.2. The summed E-state index contributed by atoms with van der Waals surface area (Å²) in [7, 11) is 0. The van der Waals surface area contributed by atoms with Gasteiger partial charge in [0.2, 0.25) is 11.8 Å². The number of nitrogens with zero attached hydrogens (tertiary/aromatic N) is 1. The Morgan fingerprint density at radius 1 is 0.976 bits per heavy atom. The second-order valence-corrected chi connectivity index (χ2v) is 14.6. The van der Waals surface area contributed by atoms with Crippen LogP contribution in [0.15, 0.2) is 11.8 Å². The molecule has 1 aliphatic heterocycles. The Labute approximate surface area is 248 Å². The number of hydrogen-bond donors (Lipinski definition) is 4. The highest BCUT2D eigenvalue weighted by Gasteiger charge is 2.69. The van der Waals surface area contributed by atoms with Gasteiger partial charge in [-0.05, 0) is 60.2 Å². The van der Waals surface area contributed by atoms with Gasteiger partial charge in [-0.2, -0.15) is 0 Å². The zero-order valence-corrected chi connectivity index (χ0v) is 25.9. The summed E-state index contributed by atoms with van der Waals surface area (Å²) < 4.78 is 0. The number of piperidine rings is 1. The molecule has 3 saturated carbocycles. The second kappa shape index (κ2) is 11.4. The van der Waals surface area contributed by atoms with Crippen LogP contribution in [0.3, 0.4) is 0 Å². The van der Waals surface area contributed by atoms with Crippen molar-refractivity contribution in [3.05, 3.63) is 11.8 Å². The fourth-order valence-electron chi connectivity index (χ4n) is 6.51. The van der Waals surface area contributed by atoms with Gasteiger partial charge >= 0.3 is 6.03 Å². The van der Waals surface area contributed by atoms with Crippen molar-refractivity contribution in [3.63, 3.8) is 0 Å². The van der Waals surface area contributed by atoms with Gasteiger partial charge in [-0.1, -0.05) is 61.0 Å². The maximum Gasteiger partial charge on any atom is 0.316 e. The molecule has 232 valence electrons. The predicted molar refractivity (Wildman–Crippen MR) is 155 cm³/mol. The summed E-state index contributed by atoms with van der Waals surface area (Å²) in [4.78, 5) is 79.7. The molecule has 1 saturated heterocycles. The first kappa shape index (κ1) is 31.7. The maximum atomic E-state index is 14.1. The molecule has 0 spiro atoms. The van der Waals surface area contributed by atoms with E-state index in [9.17, 15) is 28.8 Å². The maximum absolute atomic E-state index is 14.1. The quantitative estimate of drug-likeness (QED) is 0.214. The average Bonchev–Trinajstić information content (AvgIpc) is 3.70. The minimum absolute atomic E-state index is 0.0346. The lowest BCUT2D eigenvalue weighted by molar-refractivity contribution is -0.143. The molecule has 11 nitrogen and oxygen atoms in total. The lowest BCUT2D eigenvalue weighted by atomic mass is 9.76. The molecule has 4 fully saturated rings. The Balaban J connectivity index is 1.54. The van der Waals surface area contributed by atoms with E-state index < -0.39 is 53.1 Å². The third kappa shape index (κ3) is 6.39. The summed E-state index contributed by atoms with van der Waals surface area (Å²) in [6, 6.07) is -3.09. The van der Waals surface area contributed by atoms with Crippen molar-refractivity contribution in [1.82, 2.24) is 20.9 Å². The highest BCUT2D eigenvalue weighted by atomic mass is 16.2. The summed E-state index contributed by atoms with van der Waals surface area (Å²) in [6.07, 6.45) is 6.01. The van der Waals surface area contributed by atoms with Gasteiger partial charge in [0.25, 0.3) is 11.7 Å². The van der Waals surface area contributed by atoms with Gasteiger partial charge in [0, 0.05) is 12.5 Å². The van der Waals surface area contributed by atoms with E-state index in [1.807, 2.05) is 48.5 Å². The topological polar surface area (TPSA) is 168 Å². The van der Waals surface area contributed by atoms with Crippen molar-refractivity contribution < 1.29 is 28.8 Å². The third-order valence-electron chi connectivity index (χ3n) is 9.68. The number of allylic oxidation sites excluding steroid dienone is 1. The zero-order valence-electron chi connectivity index (χ0n) is 25.9. The van der Waals surface area contributed by atoms with E-state index in [1.165, 1.54) is 4.90 Å². The number of carbonyl (C=O) groups is 6. The molecule has 5 N–H and O–H groups in total. The summed E-state index contributed by atoms with van der Waals surface area (Å²) in [5, 5.41) is 8.30. The van der Waals surface area contributed by atoms with Crippen molar-refractivity contribution in [2.24, 2.45) is 46.2 Å². The molecule has 3 aliphatic carbocycles. The first-order valence-electron chi connectivity index (χ1n) is 15.2. The smallest absolute Gasteiger partial charge is 0.316 e. The molecule has 4 aliphatic rings. The molecule has 1 heterocycles. The van der Waals surface area contributed by atoms with E-state index in [0.717, 1.165) is 32.1 Å². The normalized spacial score (nSPS) is 26.4. The molecule has 5 amide bonds. The number of likely N-dealkylation sites (tertiary alicyclic amines) is 1. The van der Waals surface area contributed by atoms with Crippen LogP contribution in [-0.4, -0.2) is 64.9 Å². The van der Waals surface area contributed by atoms with E-state index >= 15 is 0 Å². The Morgan fingerprint density at radius 3 is 2.07 bits per heavy atom. The third-order valence-corrected chi connectivity index (χ3v) is 9.68. The first-order chi connectivity index (χ1) is 19.4. The molecule has 0 aromatic heterocycles. The molecule has 11 heteroatoms. The molecule has 0 unspecified atom stereocenters. The van der Waals surface area contributed by atoms with Crippen LogP contribution in [0.2, 0.25) is 0 Å². The van der Waals surface area contributed by atoms with Crippen molar-refractivity contribution >= 4 is 35.3 Å². The van der Waals surface area contributed by atoms with Crippen LogP contribution < -0.4 is 21.7 Å². The number of ketones is 2. The minimum atomic E-state index is -1.16. The van der Waals surface area contributed by atoms with Gasteiger partial charge in [-0.25, -0.2) is 4.79 Å². The molecule has 4 rings (SSSR count). The van der Waals surface area contributed by atoms with Crippen molar-refractivity contribution in [2.45, 2.75) is 98.7 Å². The van der Waals surface area contributed by atoms with Crippen LogP contribution in [0.1, 0.15) is 80.6 Å². The summed E-state index contributed by atoms with van der Waals surface area (Å²) >= 11 is 0. The highest BCUT2D eigenvalue weighted by molar-refractivity contribution is 6.42. The van der Waals surface area contributed by atoms with Crippen molar-refractivity contribution in [3.8, 4) is 0 Å². The number of Topliss-reactive ketones (excluding diaryl/α,β-unsaturated/α-hetero) is 2. The number of rotatable bonds is 11. The van der Waals surface area contributed by atoms with Gasteiger partial charge < -0.3 is 26.6 Å². The number of nitrogens with one attached hydrogen (secondary N) is 3. The van der Waals surface area contributed by atoms with E-state index in [4.69, 9.17) is 5.73 Å². The van der Waals surface area contributed by atoms with E-state index in [1.54, 1.807) is 6.08 Å². The van der Waals surface area contributed by atoms with Crippen LogP contribution in [-0.2, 0) is 24.0 Å². The van der Waals surface area contributed by atoms with Crippen molar-refractivity contribution in [1.29, 1.82) is 0 Å². The largest absolute Gasteiger partial charge is 0.363 e. The molecular weight excluding hydrogens is 538 g/mol. The minimum Gasteiger partial charge on any atom is -0.363 e. The van der Waals surface area contributed by atoms with Gasteiger partial charge in [0.15, 0.2) is 5.78 Å². The Morgan fingerprint density at radius 2 is 1.60 bits per heavy atom. The van der Waals surface area contributed by atoms with E-state index in [0.29, 0.717) is 6.54 Å². The molecule has 0 bridgehead atoms. The average molecular weight is 586 g/mol. The van der Waals surface area contributed by atoms with Gasteiger partial charge in [-0.3, -0.25) is 24.0 Å². The van der Waals surface area contributed by atoms with Crippen LogP contribution >= 0.6 is 0 Å². The fourth-order valence-corrected chi connectivity index (χ4v) is 6.51. The summed E-state index contributed by atoms with van der Waals surface area (Å²) in [5.74, 6) is -3.27. The number of hydrogen-bond acceptors (Lipinski definition) is 6. The molecule has 0 radical (unpaired) electrons. The summed E-state index contributed by atoms with van der Waals surface area (Å²) in [6.45, 7) is 13.5. The predicted octanol–water partition coefficient (Wildman–Crippen LogP) is 2.04.